The first-order valence-corrected chi connectivity index (χ1v) is 7.10. The monoisotopic (exact) mass is 244 g/mol. The summed E-state index contributed by atoms with van der Waals surface area (Å²) in [5, 5.41) is 19.4. The number of rotatable bonds is 2. The highest BCUT2D eigenvalue weighted by Crippen LogP contribution is 2.34. The molecule has 3 nitrogen and oxygen atoms in total. The topological polar surface area (TPSA) is 46.0 Å². The van der Waals surface area contributed by atoms with Crippen molar-refractivity contribution < 1.29 is 5.11 Å². The number of aliphatic hydroxyl groups excluding tert-OH is 1. The molecule has 1 aromatic heterocycles. The smallest absolute Gasteiger partial charge is 0.174 e. The van der Waals surface area contributed by atoms with E-state index in [1.165, 1.54) is 12.8 Å². The van der Waals surface area contributed by atoms with Crippen LogP contribution in [0.5, 0.6) is 0 Å². The van der Waals surface area contributed by atoms with Crippen molar-refractivity contribution >= 4 is 23.1 Å². The molecule has 0 radical (unpaired) electrons. The van der Waals surface area contributed by atoms with Gasteiger partial charge in [-0.25, -0.2) is 0 Å². The second-order valence-corrected chi connectivity index (χ2v) is 6.62. The van der Waals surface area contributed by atoms with Crippen LogP contribution < -0.4 is 0 Å². The van der Waals surface area contributed by atoms with Crippen molar-refractivity contribution in [1.29, 1.82) is 0 Å². The predicted molar refractivity (Wildman–Crippen MR) is 63.4 cm³/mol. The minimum atomic E-state index is -0.165. The summed E-state index contributed by atoms with van der Waals surface area (Å²) < 4.78 is 0.999. The van der Waals surface area contributed by atoms with Gasteiger partial charge in [-0.3, -0.25) is 0 Å². The zero-order chi connectivity index (χ0) is 10.7. The summed E-state index contributed by atoms with van der Waals surface area (Å²) in [5.41, 5.74) is 0. The maximum Gasteiger partial charge on any atom is 0.174 e. The Bertz CT molecular complexity index is 316. The Balaban J connectivity index is 1.97. The first-order valence-electron chi connectivity index (χ1n) is 5.40. The molecule has 1 aliphatic rings. The van der Waals surface area contributed by atoms with E-state index in [0.29, 0.717) is 5.25 Å². The Morgan fingerprint density at radius 1 is 1.27 bits per heavy atom. The van der Waals surface area contributed by atoms with Crippen molar-refractivity contribution in [1.82, 2.24) is 10.2 Å². The van der Waals surface area contributed by atoms with Gasteiger partial charge in [0.15, 0.2) is 4.34 Å². The molecule has 2 unspecified atom stereocenters. The van der Waals surface area contributed by atoms with Crippen LogP contribution in [0.15, 0.2) is 4.34 Å². The number of aromatic nitrogens is 2. The van der Waals surface area contributed by atoms with Crippen LogP contribution in [0.3, 0.4) is 0 Å². The molecular weight excluding hydrogens is 228 g/mol. The molecule has 0 aromatic carbocycles. The zero-order valence-electron chi connectivity index (χ0n) is 8.85. The lowest BCUT2D eigenvalue weighted by Gasteiger charge is -2.17. The minimum Gasteiger partial charge on any atom is -0.392 e. The molecule has 84 valence electrons. The zero-order valence-corrected chi connectivity index (χ0v) is 10.5. The number of hydrogen-bond donors (Lipinski definition) is 1. The summed E-state index contributed by atoms with van der Waals surface area (Å²) in [6, 6.07) is 0. The lowest BCUT2D eigenvalue weighted by atomic mass is 10.1. The Kier molecular flexibility index (Phi) is 3.99. The molecule has 0 saturated heterocycles. The molecule has 1 aliphatic carbocycles. The molecule has 0 spiro atoms. The normalized spacial score (nSPS) is 27.6. The standard InChI is InChI=1S/C10H16N2OS2/c1-7-11-12-10(14-7)15-9-6-4-2-3-5-8(9)13/h8-9,13H,2-6H2,1H3. The molecule has 1 saturated carbocycles. The number of aryl methyl sites for hydroxylation is 1. The molecule has 2 atom stereocenters. The van der Waals surface area contributed by atoms with E-state index < -0.39 is 0 Å². The molecule has 1 aromatic rings. The van der Waals surface area contributed by atoms with Gasteiger partial charge in [0, 0.05) is 5.25 Å². The van der Waals surface area contributed by atoms with E-state index in [4.69, 9.17) is 0 Å². The average molecular weight is 244 g/mol. The van der Waals surface area contributed by atoms with Crippen molar-refractivity contribution in [3.05, 3.63) is 5.01 Å². The Morgan fingerprint density at radius 2 is 2.07 bits per heavy atom. The summed E-state index contributed by atoms with van der Waals surface area (Å²) in [4.78, 5) is 0. The molecule has 1 heterocycles. The highest BCUT2D eigenvalue weighted by molar-refractivity contribution is 8.01. The van der Waals surface area contributed by atoms with E-state index in [-0.39, 0.29) is 6.10 Å². The summed E-state index contributed by atoms with van der Waals surface area (Å²) in [5.74, 6) is 0. The van der Waals surface area contributed by atoms with Gasteiger partial charge in [0.05, 0.1) is 6.10 Å². The first kappa shape index (κ1) is 11.4. The van der Waals surface area contributed by atoms with Gasteiger partial charge in [0.2, 0.25) is 0 Å². The third kappa shape index (κ3) is 3.16. The molecule has 1 N–H and O–H groups in total. The quantitative estimate of drug-likeness (QED) is 0.812. The molecule has 2 rings (SSSR count). The maximum absolute atomic E-state index is 9.95. The van der Waals surface area contributed by atoms with Crippen molar-refractivity contribution in [3.63, 3.8) is 0 Å². The van der Waals surface area contributed by atoms with Crippen molar-refractivity contribution in [3.8, 4) is 0 Å². The fourth-order valence-corrected chi connectivity index (χ4v) is 4.11. The van der Waals surface area contributed by atoms with Gasteiger partial charge in [-0.2, -0.15) is 0 Å². The number of hydrogen-bond acceptors (Lipinski definition) is 5. The van der Waals surface area contributed by atoms with Gasteiger partial charge in [0.1, 0.15) is 5.01 Å². The summed E-state index contributed by atoms with van der Waals surface area (Å²) in [7, 11) is 0. The second-order valence-electron chi connectivity index (χ2n) is 3.95. The van der Waals surface area contributed by atoms with E-state index in [2.05, 4.69) is 10.2 Å². The van der Waals surface area contributed by atoms with Crippen molar-refractivity contribution in [2.24, 2.45) is 0 Å². The van der Waals surface area contributed by atoms with Crippen molar-refractivity contribution in [2.45, 2.75) is 54.7 Å². The lowest BCUT2D eigenvalue weighted by Crippen LogP contribution is -2.21. The van der Waals surface area contributed by atoms with Crippen LogP contribution >= 0.6 is 23.1 Å². The van der Waals surface area contributed by atoms with Gasteiger partial charge in [-0.1, -0.05) is 42.4 Å². The molecule has 15 heavy (non-hydrogen) atoms. The maximum atomic E-state index is 9.95. The van der Waals surface area contributed by atoms with Crippen LogP contribution in [0, 0.1) is 6.92 Å². The van der Waals surface area contributed by atoms with Gasteiger partial charge in [0.25, 0.3) is 0 Å². The van der Waals surface area contributed by atoms with E-state index in [9.17, 15) is 5.11 Å². The van der Waals surface area contributed by atoms with E-state index in [1.54, 1.807) is 23.1 Å². The van der Waals surface area contributed by atoms with Crippen molar-refractivity contribution in [2.75, 3.05) is 0 Å². The molecule has 0 aliphatic heterocycles. The minimum absolute atomic E-state index is 0.165. The van der Waals surface area contributed by atoms with Crippen LogP contribution in [0.4, 0.5) is 0 Å². The molecule has 0 amide bonds. The SMILES string of the molecule is Cc1nnc(SC2CCCCCC2O)s1. The Labute approximate surface area is 98.3 Å². The van der Waals surface area contributed by atoms with Gasteiger partial charge >= 0.3 is 0 Å². The van der Waals surface area contributed by atoms with Crippen LogP contribution in [0.25, 0.3) is 0 Å². The van der Waals surface area contributed by atoms with Gasteiger partial charge < -0.3 is 5.11 Å². The molecule has 1 fully saturated rings. The van der Waals surface area contributed by atoms with E-state index >= 15 is 0 Å². The van der Waals surface area contributed by atoms with Crippen LogP contribution in [0.1, 0.15) is 37.1 Å². The first-order chi connectivity index (χ1) is 7.25. The van der Waals surface area contributed by atoms with Gasteiger partial charge in [-0.05, 0) is 19.8 Å². The molecule has 0 bridgehead atoms. The second kappa shape index (κ2) is 5.27. The van der Waals surface area contributed by atoms with Crippen LogP contribution in [-0.2, 0) is 0 Å². The highest BCUT2D eigenvalue weighted by atomic mass is 32.2. The lowest BCUT2D eigenvalue weighted by molar-refractivity contribution is 0.163. The van der Waals surface area contributed by atoms with Gasteiger partial charge in [-0.15, -0.1) is 10.2 Å². The van der Waals surface area contributed by atoms with Crippen LogP contribution in [0.2, 0.25) is 0 Å². The van der Waals surface area contributed by atoms with E-state index in [0.717, 1.165) is 28.6 Å². The predicted octanol–water partition coefficient (Wildman–Crippen LogP) is 2.63. The highest BCUT2D eigenvalue weighted by Gasteiger charge is 2.23. The van der Waals surface area contributed by atoms with E-state index in [1.807, 2.05) is 6.92 Å². The number of aliphatic hydroxyl groups is 1. The average Bonchev–Trinajstić information content (AvgIpc) is 2.50. The third-order valence-corrected chi connectivity index (χ3v) is 4.99. The third-order valence-electron chi connectivity index (χ3n) is 2.68. The van der Waals surface area contributed by atoms with Crippen LogP contribution in [-0.4, -0.2) is 26.7 Å². The summed E-state index contributed by atoms with van der Waals surface area (Å²) >= 11 is 3.32. The summed E-state index contributed by atoms with van der Waals surface area (Å²) in [6.07, 6.45) is 5.52. The summed E-state index contributed by atoms with van der Waals surface area (Å²) in [6.45, 7) is 1.96. The fourth-order valence-electron chi connectivity index (χ4n) is 1.85. The molecular formula is C10H16N2OS2. The number of nitrogens with zero attached hydrogens (tertiary/aromatic N) is 2. The Hall–Kier alpha value is -0.130. The largest absolute Gasteiger partial charge is 0.392 e. The number of thioether (sulfide) groups is 1. The Morgan fingerprint density at radius 3 is 2.80 bits per heavy atom. The fraction of sp³-hybridized carbons (Fsp3) is 0.800. The molecule has 5 heteroatoms.